The van der Waals surface area contributed by atoms with Crippen LogP contribution < -0.4 is 0 Å². The Labute approximate surface area is 507 Å². The van der Waals surface area contributed by atoms with E-state index in [0.29, 0.717) is 0 Å². The van der Waals surface area contributed by atoms with E-state index in [-0.39, 0.29) is 21.7 Å². The fraction of sp³-hybridized carbons (Fsp3) is 0.182. The Morgan fingerprint density at radius 1 is 0.148 bits per heavy atom. The molecule has 0 aliphatic heterocycles. The second-order valence-electron chi connectivity index (χ2n) is 31.7. The van der Waals surface area contributed by atoms with Crippen molar-refractivity contribution in [3.63, 3.8) is 0 Å². The summed E-state index contributed by atoms with van der Waals surface area (Å²) in [5.74, 6) is 0. The summed E-state index contributed by atoms with van der Waals surface area (Å²) in [6.45, 7) is 29.0. The molecule has 22 rings (SSSR count). The molecule has 414 valence electrons. The van der Waals surface area contributed by atoms with E-state index in [1.807, 2.05) is 0 Å². The van der Waals surface area contributed by atoms with Gasteiger partial charge in [-0.05, 0) is 307 Å². The van der Waals surface area contributed by atoms with E-state index in [4.69, 9.17) is 0 Å². The Morgan fingerprint density at radius 2 is 0.375 bits per heavy atom. The normalized spacial score (nSPS) is 14.4. The Kier molecular flexibility index (Phi) is 7.75. The van der Waals surface area contributed by atoms with Crippen LogP contribution in [0.2, 0.25) is 0 Å². The molecule has 88 heavy (non-hydrogen) atoms. The first-order chi connectivity index (χ1) is 42.3. The van der Waals surface area contributed by atoms with Crippen molar-refractivity contribution in [3.8, 4) is 0 Å². The lowest BCUT2D eigenvalue weighted by Crippen LogP contribution is -2.12. The van der Waals surface area contributed by atoms with E-state index in [1.165, 1.54) is 248 Å². The highest BCUT2D eigenvalue weighted by Crippen LogP contribution is 2.65. The molecule has 0 heteroatoms. The molecule has 0 spiro atoms. The van der Waals surface area contributed by atoms with Crippen molar-refractivity contribution in [3.05, 3.63) is 180 Å². The Balaban J connectivity index is 1.14. The summed E-state index contributed by atoms with van der Waals surface area (Å²) in [5.41, 5.74) is 5.13. The summed E-state index contributed by atoms with van der Waals surface area (Å²) < 4.78 is 0. The standard InChI is InChI=1S/C88H62/c1-85(2,3)41-27-31-45-47-29-25-39-17-13-19-49-61(39)73(47)75-65(55(45)33-41)51-21-15-23-53-63(51)77-79(75)67(49)57-35-43(87(7,8)9)38-60-70-54-24-16-22-52-64(54)78-80-68(58-36-44(88(10,11)12)37-59-69(53)81(83(77)71(57)60)82(70)84(78)72(58)59)50-20-14-18-40-26-30-48-46-32-28-42(86(4,5)6)34-56(46)66(52)76(80)74(48)62(40)50/h13-38H,1-12H3. The van der Waals surface area contributed by atoms with Crippen molar-refractivity contribution in [1.29, 1.82) is 0 Å². The summed E-state index contributed by atoms with van der Waals surface area (Å²) in [4.78, 5) is 0. The van der Waals surface area contributed by atoms with E-state index < -0.39 is 0 Å². The summed E-state index contributed by atoms with van der Waals surface area (Å²) >= 11 is 0. The molecule has 0 aliphatic rings. The average molecular weight is 1120 g/mol. The zero-order valence-electron chi connectivity index (χ0n) is 52.0. The van der Waals surface area contributed by atoms with Crippen molar-refractivity contribution in [2.24, 2.45) is 0 Å². The van der Waals surface area contributed by atoms with Crippen LogP contribution in [0.25, 0.3) is 226 Å². The first kappa shape index (κ1) is 47.7. The average Bonchev–Trinajstić information content (AvgIpc) is 0.640. The first-order valence-electron chi connectivity index (χ1n) is 32.3. The third kappa shape index (κ3) is 5.05. The highest BCUT2D eigenvalue weighted by atomic mass is 14.4. The molecule has 0 saturated carbocycles. The number of hydrogen-bond donors (Lipinski definition) is 0. The fourth-order valence-corrected chi connectivity index (χ4v) is 19.2. The van der Waals surface area contributed by atoms with E-state index in [9.17, 15) is 0 Å². The number of benzene rings is 22. The van der Waals surface area contributed by atoms with Gasteiger partial charge in [0, 0.05) is 0 Å². The fourth-order valence-electron chi connectivity index (χ4n) is 19.2. The maximum Gasteiger partial charge on any atom is -0.0000465 e. The van der Waals surface area contributed by atoms with Crippen LogP contribution in [0.1, 0.15) is 105 Å². The molecule has 0 N–H and O–H groups in total. The molecule has 22 aromatic carbocycles. The summed E-state index contributed by atoms with van der Waals surface area (Å²) in [7, 11) is 0. The van der Waals surface area contributed by atoms with Crippen molar-refractivity contribution in [2.75, 3.05) is 0 Å². The molecule has 0 aliphatic carbocycles. The quantitative estimate of drug-likeness (QED) is 0.105. The van der Waals surface area contributed by atoms with Gasteiger partial charge in [0.05, 0.1) is 0 Å². The van der Waals surface area contributed by atoms with Crippen LogP contribution in [0.15, 0.2) is 158 Å². The highest BCUT2D eigenvalue weighted by molar-refractivity contribution is 6.65. The Hall–Kier alpha value is -9.36. The largest absolute Gasteiger partial charge is 0.0610 e. The smallest absolute Gasteiger partial charge is 0.0000465 e. The predicted molar refractivity (Wildman–Crippen MR) is 390 cm³/mol. The van der Waals surface area contributed by atoms with E-state index >= 15 is 0 Å². The number of fused-ring (bicyclic) bond motifs is 16. The van der Waals surface area contributed by atoms with Gasteiger partial charge in [-0.15, -0.1) is 0 Å². The third-order valence-corrected chi connectivity index (χ3v) is 23.1. The van der Waals surface area contributed by atoms with E-state index in [2.05, 4.69) is 241 Å². The molecule has 0 atom stereocenters. The molecule has 0 aromatic heterocycles. The van der Waals surface area contributed by atoms with Gasteiger partial charge in [0.2, 0.25) is 0 Å². The van der Waals surface area contributed by atoms with Crippen molar-refractivity contribution in [2.45, 2.75) is 105 Å². The maximum atomic E-state index is 2.69. The van der Waals surface area contributed by atoms with E-state index in [0.717, 1.165) is 0 Å². The third-order valence-electron chi connectivity index (χ3n) is 23.1. The zero-order valence-corrected chi connectivity index (χ0v) is 52.0. The molecule has 0 unspecified atom stereocenters. The minimum atomic E-state index is -0.153. The molecule has 22 aromatic rings. The molecule has 0 amide bonds. The molecule has 0 nitrogen and oxygen atoms in total. The van der Waals surface area contributed by atoms with Crippen LogP contribution >= 0.6 is 0 Å². The minimum Gasteiger partial charge on any atom is -0.0610 e. The summed E-state index contributed by atoms with van der Waals surface area (Å²) in [5, 5.41) is 58.7. The monoisotopic (exact) mass is 1120 g/mol. The van der Waals surface area contributed by atoms with Crippen molar-refractivity contribution in [1.82, 2.24) is 0 Å². The molecule has 0 heterocycles. The minimum absolute atomic E-state index is 0.0368. The molecular weight excluding hydrogens is 1060 g/mol. The lowest BCUT2D eigenvalue weighted by atomic mass is 9.70. The maximum absolute atomic E-state index is 2.69. The molecule has 0 saturated heterocycles. The highest BCUT2D eigenvalue weighted by Gasteiger charge is 2.37. The lowest BCUT2D eigenvalue weighted by molar-refractivity contribution is 0.591. The molecular formula is C88H62. The second-order valence-corrected chi connectivity index (χ2v) is 31.7. The first-order valence-corrected chi connectivity index (χ1v) is 32.3. The zero-order chi connectivity index (χ0) is 58.9. The van der Waals surface area contributed by atoms with Crippen LogP contribution in [-0.2, 0) is 21.7 Å². The molecule has 0 radical (unpaired) electrons. The van der Waals surface area contributed by atoms with Gasteiger partial charge in [-0.3, -0.25) is 0 Å². The second kappa shape index (κ2) is 14.3. The van der Waals surface area contributed by atoms with Crippen LogP contribution in [0.4, 0.5) is 0 Å². The van der Waals surface area contributed by atoms with Crippen LogP contribution in [0.3, 0.4) is 0 Å². The summed E-state index contributed by atoms with van der Waals surface area (Å²) in [6, 6.07) is 64.9. The SMILES string of the molecule is CC(C)(C)c1ccc2c(c1)c1c3cccc4c3c3c5c(c6cccc7ccc2c(c76)c15)c1cc(C(C)(C)C)cc2c1c3c1c4c3cc(C(C)(C)C)cc4c5c6cccc7ccc8c9ccc(C(C)(C)C)cc9c9c%10cccc%11c%10c(c5c9c8c76)c(c43)c1c%112. The number of hydrogen-bond acceptors (Lipinski definition) is 0. The Morgan fingerprint density at radius 3 is 0.682 bits per heavy atom. The summed E-state index contributed by atoms with van der Waals surface area (Å²) in [6.07, 6.45) is 0. The predicted octanol–water partition coefficient (Wildman–Crippen LogP) is 26.0. The van der Waals surface area contributed by atoms with Gasteiger partial charge in [0.1, 0.15) is 0 Å². The molecule has 0 bridgehead atoms. The van der Waals surface area contributed by atoms with Gasteiger partial charge in [-0.1, -0.05) is 204 Å². The van der Waals surface area contributed by atoms with Gasteiger partial charge in [0.25, 0.3) is 0 Å². The van der Waals surface area contributed by atoms with Crippen LogP contribution in [0.5, 0.6) is 0 Å². The van der Waals surface area contributed by atoms with Crippen molar-refractivity contribution >= 4 is 226 Å². The lowest BCUT2D eigenvalue weighted by Gasteiger charge is -2.32. The van der Waals surface area contributed by atoms with Gasteiger partial charge < -0.3 is 0 Å². The number of rotatable bonds is 0. The van der Waals surface area contributed by atoms with Crippen LogP contribution in [-0.4, -0.2) is 0 Å². The van der Waals surface area contributed by atoms with Gasteiger partial charge >= 0.3 is 0 Å². The topological polar surface area (TPSA) is 0 Å². The van der Waals surface area contributed by atoms with E-state index in [1.54, 1.807) is 0 Å². The van der Waals surface area contributed by atoms with Gasteiger partial charge in [-0.25, -0.2) is 0 Å². The van der Waals surface area contributed by atoms with Crippen LogP contribution in [0, 0.1) is 0 Å². The van der Waals surface area contributed by atoms with Gasteiger partial charge in [0.15, 0.2) is 0 Å². The van der Waals surface area contributed by atoms with Crippen molar-refractivity contribution < 1.29 is 0 Å². The Bertz CT molecular complexity index is 6530. The molecule has 0 fully saturated rings. The van der Waals surface area contributed by atoms with Gasteiger partial charge in [-0.2, -0.15) is 0 Å².